The number of aliphatic hydroxyl groups excluding tert-OH is 1. The summed E-state index contributed by atoms with van der Waals surface area (Å²) in [6, 6.07) is 3.93. The highest BCUT2D eigenvalue weighted by atomic mass is 19.1. The molecule has 0 radical (unpaired) electrons. The van der Waals surface area contributed by atoms with Gasteiger partial charge in [-0.1, -0.05) is 6.07 Å². The molecule has 4 nitrogen and oxygen atoms in total. The second-order valence-corrected chi connectivity index (χ2v) is 3.74. The van der Waals surface area contributed by atoms with Crippen LogP contribution in [0.1, 0.15) is 18.5 Å². The Morgan fingerprint density at radius 2 is 2.24 bits per heavy atom. The van der Waals surface area contributed by atoms with Gasteiger partial charge in [-0.05, 0) is 31.7 Å². The summed E-state index contributed by atoms with van der Waals surface area (Å²) in [4.78, 5) is 0. The van der Waals surface area contributed by atoms with Crippen molar-refractivity contribution < 1.29 is 14.2 Å². The predicted molar refractivity (Wildman–Crippen MR) is 64.4 cm³/mol. The Hall–Kier alpha value is -1.17. The third-order valence-electron chi connectivity index (χ3n) is 2.56. The Bertz CT molecular complexity index is 360. The Balaban J connectivity index is 2.94. The zero-order valence-corrected chi connectivity index (χ0v) is 10.1. The van der Waals surface area contributed by atoms with Gasteiger partial charge in [-0.25, -0.2) is 4.39 Å². The Labute approximate surface area is 101 Å². The monoisotopic (exact) mass is 242 g/mol. The van der Waals surface area contributed by atoms with Gasteiger partial charge in [0.2, 0.25) is 0 Å². The number of hydrogen-bond acceptors (Lipinski definition) is 4. The lowest BCUT2D eigenvalue weighted by Crippen LogP contribution is -2.39. The molecular weight excluding hydrogens is 223 g/mol. The molecule has 5 heteroatoms. The van der Waals surface area contributed by atoms with Crippen LogP contribution in [0.15, 0.2) is 18.2 Å². The highest BCUT2D eigenvalue weighted by molar-refractivity contribution is 5.31. The molecule has 0 heterocycles. The first-order valence-corrected chi connectivity index (χ1v) is 5.60. The van der Waals surface area contributed by atoms with Crippen molar-refractivity contribution in [3.05, 3.63) is 29.6 Å². The van der Waals surface area contributed by atoms with Crippen molar-refractivity contribution in [3.8, 4) is 5.75 Å². The maximum Gasteiger partial charge on any atom is 0.165 e. The molecule has 0 bridgehead atoms. The van der Waals surface area contributed by atoms with E-state index in [4.69, 9.17) is 15.6 Å². The van der Waals surface area contributed by atoms with Crippen LogP contribution in [-0.2, 0) is 0 Å². The van der Waals surface area contributed by atoms with Crippen LogP contribution in [0.5, 0.6) is 5.75 Å². The van der Waals surface area contributed by atoms with Gasteiger partial charge in [0.1, 0.15) is 0 Å². The van der Waals surface area contributed by atoms with E-state index in [1.807, 2.05) is 0 Å². The fourth-order valence-electron chi connectivity index (χ4n) is 1.72. The molecule has 0 fully saturated rings. The molecule has 17 heavy (non-hydrogen) atoms. The first-order chi connectivity index (χ1) is 8.13. The van der Waals surface area contributed by atoms with Gasteiger partial charge in [-0.15, -0.1) is 0 Å². The minimum Gasteiger partial charge on any atom is -0.491 e. The molecule has 0 saturated carbocycles. The number of ether oxygens (including phenoxy) is 1. The number of likely N-dealkylation sites (N-methyl/N-ethyl adjacent to an activating group) is 1. The lowest BCUT2D eigenvalue weighted by molar-refractivity contribution is 0.240. The highest BCUT2D eigenvalue weighted by Crippen LogP contribution is 2.23. The van der Waals surface area contributed by atoms with E-state index in [0.717, 1.165) is 0 Å². The average Bonchev–Trinajstić information content (AvgIpc) is 2.33. The van der Waals surface area contributed by atoms with E-state index in [-0.39, 0.29) is 18.4 Å². The molecule has 0 aliphatic heterocycles. The van der Waals surface area contributed by atoms with Crippen LogP contribution in [-0.4, -0.2) is 31.4 Å². The molecule has 0 aromatic heterocycles. The average molecular weight is 242 g/mol. The van der Waals surface area contributed by atoms with Gasteiger partial charge in [0, 0.05) is 12.1 Å². The predicted octanol–water partition coefficient (Wildman–Crippen LogP) is 0.804. The summed E-state index contributed by atoms with van der Waals surface area (Å²) in [6.45, 7) is 2.05. The Morgan fingerprint density at radius 3 is 2.71 bits per heavy atom. The van der Waals surface area contributed by atoms with Crippen LogP contribution in [0.3, 0.4) is 0 Å². The minimum absolute atomic E-state index is 0.166. The smallest absolute Gasteiger partial charge is 0.165 e. The summed E-state index contributed by atoms with van der Waals surface area (Å²) in [7, 11) is 1.72. The van der Waals surface area contributed by atoms with Gasteiger partial charge >= 0.3 is 0 Å². The SMILES string of the molecule is CCOc1ccc(C(NC)C(N)CO)cc1F. The Kier molecular flexibility index (Phi) is 5.34. The van der Waals surface area contributed by atoms with E-state index in [1.165, 1.54) is 6.07 Å². The first-order valence-electron chi connectivity index (χ1n) is 5.60. The number of benzene rings is 1. The standard InChI is InChI=1S/C12H19FN2O2/c1-3-17-11-5-4-8(6-9(11)13)12(15-2)10(14)7-16/h4-6,10,12,15-16H,3,7,14H2,1-2H3. The summed E-state index contributed by atoms with van der Waals surface area (Å²) in [6.07, 6.45) is 0. The van der Waals surface area contributed by atoms with Crippen molar-refractivity contribution in [2.24, 2.45) is 5.73 Å². The first kappa shape index (κ1) is 13.9. The number of hydrogen-bond donors (Lipinski definition) is 3. The molecule has 0 saturated heterocycles. The second kappa shape index (κ2) is 6.54. The van der Waals surface area contributed by atoms with Crippen molar-refractivity contribution in [3.63, 3.8) is 0 Å². The number of aliphatic hydroxyl groups is 1. The van der Waals surface area contributed by atoms with Gasteiger partial charge in [-0.2, -0.15) is 0 Å². The fraction of sp³-hybridized carbons (Fsp3) is 0.500. The van der Waals surface area contributed by atoms with Crippen LogP contribution in [0.25, 0.3) is 0 Å². The Morgan fingerprint density at radius 1 is 1.53 bits per heavy atom. The van der Waals surface area contributed by atoms with Crippen LogP contribution >= 0.6 is 0 Å². The third-order valence-corrected chi connectivity index (χ3v) is 2.56. The molecule has 0 aliphatic rings. The van der Waals surface area contributed by atoms with Gasteiger partial charge < -0.3 is 20.9 Å². The summed E-state index contributed by atoms with van der Waals surface area (Å²) < 4.78 is 18.8. The van der Waals surface area contributed by atoms with Crippen molar-refractivity contribution in [1.29, 1.82) is 0 Å². The van der Waals surface area contributed by atoms with Crippen LogP contribution in [0.4, 0.5) is 4.39 Å². The molecule has 0 aliphatic carbocycles. The van der Waals surface area contributed by atoms with E-state index in [9.17, 15) is 4.39 Å². The van der Waals surface area contributed by atoms with Crippen molar-refractivity contribution in [2.45, 2.75) is 19.0 Å². The molecule has 1 aromatic rings. The van der Waals surface area contributed by atoms with Gasteiger partial charge in [0.15, 0.2) is 11.6 Å². The van der Waals surface area contributed by atoms with E-state index >= 15 is 0 Å². The molecule has 2 atom stereocenters. The van der Waals surface area contributed by atoms with E-state index in [0.29, 0.717) is 12.2 Å². The topological polar surface area (TPSA) is 67.5 Å². The van der Waals surface area contributed by atoms with Gasteiger partial charge in [-0.3, -0.25) is 0 Å². The van der Waals surface area contributed by atoms with E-state index < -0.39 is 11.9 Å². The number of nitrogens with two attached hydrogens (primary N) is 1. The van der Waals surface area contributed by atoms with Gasteiger partial charge in [0.05, 0.1) is 13.2 Å². The summed E-state index contributed by atoms with van der Waals surface area (Å²) in [5.41, 5.74) is 6.43. The van der Waals surface area contributed by atoms with E-state index in [2.05, 4.69) is 5.32 Å². The van der Waals surface area contributed by atoms with Crippen molar-refractivity contribution in [2.75, 3.05) is 20.3 Å². The lowest BCUT2D eigenvalue weighted by atomic mass is 10.0. The van der Waals surface area contributed by atoms with Crippen molar-refractivity contribution >= 4 is 0 Å². The maximum atomic E-state index is 13.6. The molecule has 1 rings (SSSR count). The quantitative estimate of drug-likeness (QED) is 0.690. The number of rotatable bonds is 6. The normalized spacial score (nSPS) is 14.4. The number of halogens is 1. The minimum atomic E-state index is -0.475. The summed E-state index contributed by atoms with van der Waals surface area (Å²) in [5.74, 6) is -0.196. The molecule has 1 aromatic carbocycles. The largest absolute Gasteiger partial charge is 0.491 e. The van der Waals surface area contributed by atoms with Gasteiger partial charge in [0.25, 0.3) is 0 Å². The third kappa shape index (κ3) is 3.39. The fourth-order valence-corrected chi connectivity index (χ4v) is 1.72. The van der Waals surface area contributed by atoms with Crippen LogP contribution in [0.2, 0.25) is 0 Å². The zero-order chi connectivity index (χ0) is 12.8. The summed E-state index contributed by atoms with van der Waals surface area (Å²) >= 11 is 0. The van der Waals surface area contributed by atoms with Crippen molar-refractivity contribution in [1.82, 2.24) is 5.32 Å². The van der Waals surface area contributed by atoms with Crippen LogP contribution in [0, 0.1) is 5.82 Å². The summed E-state index contributed by atoms with van der Waals surface area (Å²) in [5, 5.41) is 12.0. The molecule has 0 spiro atoms. The molecule has 0 amide bonds. The lowest BCUT2D eigenvalue weighted by Gasteiger charge is -2.22. The molecule has 96 valence electrons. The maximum absolute atomic E-state index is 13.6. The molecule has 4 N–H and O–H groups in total. The molecular formula is C12H19FN2O2. The second-order valence-electron chi connectivity index (χ2n) is 3.74. The molecule has 2 unspecified atom stereocenters. The number of nitrogens with one attached hydrogen (secondary N) is 1. The van der Waals surface area contributed by atoms with Crippen LogP contribution < -0.4 is 15.8 Å². The zero-order valence-electron chi connectivity index (χ0n) is 10.1. The highest BCUT2D eigenvalue weighted by Gasteiger charge is 2.18. The van der Waals surface area contributed by atoms with E-state index in [1.54, 1.807) is 26.1 Å².